The number of aromatic nitrogens is 2. The number of nitrogens with zero attached hydrogens (tertiary/aromatic N) is 4. The summed E-state index contributed by atoms with van der Waals surface area (Å²) in [5, 5.41) is 20.9. The van der Waals surface area contributed by atoms with E-state index in [2.05, 4.69) is 9.97 Å². The Kier molecular flexibility index (Phi) is 9.88. The Hall–Kier alpha value is -3.92. The summed E-state index contributed by atoms with van der Waals surface area (Å²) >= 11 is 0. The zero-order valence-electron chi connectivity index (χ0n) is 22.4. The summed E-state index contributed by atoms with van der Waals surface area (Å²) in [5.74, 6) is -0.295. The quantitative estimate of drug-likeness (QED) is 0.162. The maximum Gasteiger partial charge on any atom is 0.294 e. The van der Waals surface area contributed by atoms with Crippen LogP contribution in [0, 0.1) is 0 Å². The molecule has 0 atom stereocenters. The van der Waals surface area contributed by atoms with Gasteiger partial charge in [0.2, 0.25) is 0 Å². The van der Waals surface area contributed by atoms with Crippen molar-refractivity contribution in [2.75, 3.05) is 13.1 Å². The van der Waals surface area contributed by atoms with Crippen molar-refractivity contribution in [3.63, 3.8) is 0 Å². The van der Waals surface area contributed by atoms with Gasteiger partial charge in [-0.15, -0.1) is 0 Å². The Morgan fingerprint density at radius 1 is 0.571 bits per heavy atom. The van der Waals surface area contributed by atoms with Gasteiger partial charge in [0, 0.05) is 62.8 Å². The van der Waals surface area contributed by atoms with E-state index in [9.17, 15) is 36.2 Å². The summed E-state index contributed by atoms with van der Waals surface area (Å²) in [7, 11) is -8.98. The Balaban J connectivity index is 1.62. The lowest BCUT2D eigenvalue weighted by Crippen LogP contribution is -2.34. The summed E-state index contributed by atoms with van der Waals surface area (Å²) < 4.78 is 65.9. The highest BCUT2D eigenvalue weighted by molar-refractivity contribution is 7.86. The summed E-state index contributed by atoms with van der Waals surface area (Å²) in [6.45, 7) is 1.59. The van der Waals surface area contributed by atoms with Gasteiger partial charge in [-0.3, -0.25) is 28.9 Å². The molecule has 0 unspecified atom stereocenters. The van der Waals surface area contributed by atoms with Crippen LogP contribution >= 0.6 is 0 Å². The molecule has 2 heterocycles. The van der Waals surface area contributed by atoms with Gasteiger partial charge in [0.25, 0.3) is 20.2 Å². The molecule has 222 valence electrons. The lowest BCUT2D eigenvalue weighted by Gasteiger charge is -2.28. The van der Waals surface area contributed by atoms with E-state index < -0.39 is 20.2 Å². The minimum atomic E-state index is -4.49. The van der Waals surface area contributed by atoms with Crippen LogP contribution in [0.15, 0.2) is 95.0 Å². The van der Waals surface area contributed by atoms with Gasteiger partial charge in [-0.2, -0.15) is 16.8 Å². The molecule has 42 heavy (non-hydrogen) atoms. The molecule has 0 saturated carbocycles. The predicted octanol–water partition coefficient (Wildman–Crippen LogP) is 3.09. The van der Waals surface area contributed by atoms with Crippen molar-refractivity contribution in [2.45, 2.75) is 36.0 Å². The van der Waals surface area contributed by atoms with Gasteiger partial charge in [0.1, 0.15) is 11.5 Å². The zero-order valence-corrected chi connectivity index (χ0v) is 24.0. The molecular weight excluding hydrogens is 584 g/mol. The molecule has 2 aromatic carbocycles. The van der Waals surface area contributed by atoms with Crippen LogP contribution in [0.3, 0.4) is 0 Å². The van der Waals surface area contributed by atoms with Gasteiger partial charge in [0.05, 0.1) is 21.2 Å². The van der Waals surface area contributed by atoms with Crippen LogP contribution in [0.1, 0.15) is 22.5 Å². The molecule has 2 aromatic heterocycles. The van der Waals surface area contributed by atoms with Crippen molar-refractivity contribution in [1.29, 1.82) is 0 Å². The minimum Gasteiger partial charge on any atom is -0.508 e. The van der Waals surface area contributed by atoms with E-state index in [1.54, 1.807) is 24.5 Å². The Labute approximate surface area is 244 Å². The molecule has 0 saturated heterocycles. The van der Waals surface area contributed by atoms with Gasteiger partial charge in [0.15, 0.2) is 0 Å². The number of aromatic hydroxyl groups is 2. The van der Waals surface area contributed by atoms with Gasteiger partial charge in [-0.25, -0.2) is 0 Å². The van der Waals surface area contributed by atoms with E-state index in [0.717, 1.165) is 23.5 Å². The average molecular weight is 615 g/mol. The standard InChI is InChI=1S/C28H30N4O8S2/c33-27-9-7-25(41(35,36)37)15-21(27)17-31(19-23-5-1-3-11-29-23)13-14-32(20-24-6-2-4-12-30-24)18-22-16-26(42(38,39)40)8-10-28(22)34/h1-12,15-16,33-34H,13-14,17-20H2,(H,35,36,37)(H,38,39,40). The number of phenolic OH excluding ortho intramolecular Hbond substituents is 2. The molecule has 0 radical (unpaired) electrons. The Morgan fingerprint density at radius 2 is 0.976 bits per heavy atom. The SMILES string of the molecule is O=S(=O)(O)c1ccc(O)c(CN(CCN(Cc2ccccn2)Cc2cc(S(=O)(=O)O)ccc2O)Cc2ccccn2)c1. The fourth-order valence-electron chi connectivity index (χ4n) is 4.33. The second-order valence-corrected chi connectivity index (χ2v) is 12.4. The van der Waals surface area contributed by atoms with Crippen molar-refractivity contribution in [1.82, 2.24) is 19.8 Å². The minimum absolute atomic E-state index is 0.104. The van der Waals surface area contributed by atoms with Gasteiger partial charge >= 0.3 is 0 Å². The predicted molar refractivity (Wildman–Crippen MR) is 153 cm³/mol. The lowest BCUT2D eigenvalue weighted by atomic mass is 10.1. The number of benzene rings is 2. The van der Waals surface area contributed by atoms with Crippen LogP contribution in [-0.2, 0) is 46.4 Å². The van der Waals surface area contributed by atoms with E-state index in [1.807, 2.05) is 34.1 Å². The number of rotatable bonds is 13. The summed E-state index contributed by atoms with van der Waals surface area (Å²) in [5.41, 5.74) is 1.99. The van der Waals surface area contributed by atoms with Gasteiger partial charge in [-0.1, -0.05) is 12.1 Å². The second-order valence-electron chi connectivity index (χ2n) is 9.59. The van der Waals surface area contributed by atoms with Crippen LogP contribution in [-0.4, -0.2) is 69.0 Å². The van der Waals surface area contributed by atoms with Crippen molar-refractivity contribution < 1.29 is 36.2 Å². The normalized spacial score (nSPS) is 12.2. The van der Waals surface area contributed by atoms with Crippen LogP contribution in [0.2, 0.25) is 0 Å². The highest BCUT2D eigenvalue weighted by Crippen LogP contribution is 2.25. The number of phenols is 2. The molecule has 0 aliphatic heterocycles. The molecule has 14 heteroatoms. The number of hydrogen-bond donors (Lipinski definition) is 4. The zero-order chi connectivity index (χ0) is 30.3. The van der Waals surface area contributed by atoms with E-state index in [-0.39, 0.29) is 45.5 Å². The second kappa shape index (κ2) is 13.4. The molecule has 0 bridgehead atoms. The molecule has 0 aliphatic rings. The fraction of sp³-hybridized carbons (Fsp3) is 0.214. The first-order chi connectivity index (χ1) is 19.9. The highest BCUT2D eigenvalue weighted by Gasteiger charge is 2.19. The van der Waals surface area contributed by atoms with Crippen LogP contribution in [0.4, 0.5) is 0 Å². The molecule has 0 spiro atoms. The van der Waals surface area contributed by atoms with E-state index in [1.165, 1.54) is 24.3 Å². The summed E-state index contributed by atoms with van der Waals surface area (Å²) in [6, 6.07) is 17.9. The third-order valence-electron chi connectivity index (χ3n) is 6.44. The van der Waals surface area contributed by atoms with Gasteiger partial charge in [-0.05, 0) is 60.7 Å². The molecule has 4 N–H and O–H groups in total. The molecule has 4 rings (SSSR count). The average Bonchev–Trinajstić information content (AvgIpc) is 2.93. The monoisotopic (exact) mass is 614 g/mol. The summed E-state index contributed by atoms with van der Waals surface area (Å²) in [4.78, 5) is 11.9. The first-order valence-electron chi connectivity index (χ1n) is 12.7. The van der Waals surface area contributed by atoms with Crippen molar-refractivity contribution >= 4 is 20.2 Å². The first kappa shape index (κ1) is 31.0. The van der Waals surface area contributed by atoms with E-state index in [4.69, 9.17) is 0 Å². The largest absolute Gasteiger partial charge is 0.508 e. The molecule has 0 amide bonds. The maximum atomic E-state index is 11.7. The Morgan fingerprint density at radius 3 is 1.31 bits per heavy atom. The number of hydrogen-bond acceptors (Lipinski definition) is 10. The molecular formula is C28H30N4O8S2. The first-order valence-corrected chi connectivity index (χ1v) is 15.6. The highest BCUT2D eigenvalue weighted by atomic mass is 32.2. The molecule has 0 fully saturated rings. The maximum absolute atomic E-state index is 11.7. The van der Waals surface area contributed by atoms with Crippen molar-refractivity contribution in [2.24, 2.45) is 0 Å². The summed E-state index contributed by atoms with van der Waals surface area (Å²) in [6.07, 6.45) is 3.28. The topological polar surface area (TPSA) is 181 Å². The van der Waals surface area contributed by atoms with Crippen molar-refractivity contribution in [3.8, 4) is 11.5 Å². The third kappa shape index (κ3) is 8.79. The fourth-order valence-corrected chi connectivity index (χ4v) is 5.39. The molecule has 0 aliphatic carbocycles. The van der Waals surface area contributed by atoms with Crippen LogP contribution in [0.25, 0.3) is 0 Å². The Bertz CT molecular complexity index is 1590. The smallest absolute Gasteiger partial charge is 0.294 e. The third-order valence-corrected chi connectivity index (χ3v) is 8.14. The van der Waals surface area contributed by atoms with Gasteiger partial charge < -0.3 is 10.2 Å². The molecule has 12 nitrogen and oxygen atoms in total. The molecule has 4 aromatic rings. The van der Waals surface area contributed by atoms with E-state index in [0.29, 0.717) is 26.2 Å². The van der Waals surface area contributed by atoms with Crippen LogP contribution in [0.5, 0.6) is 11.5 Å². The van der Waals surface area contributed by atoms with E-state index >= 15 is 0 Å². The number of pyridine rings is 2. The van der Waals surface area contributed by atoms with Crippen molar-refractivity contribution in [3.05, 3.63) is 108 Å². The lowest BCUT2D eigenvalue weighted by molar-refractivity contribution is 0.178. The van der Waals surface area contributed by atoms with Crippen LogP contribution < -0.4 is 0 Å².